The highest BCUT2D eigenvalue weighted by Crippen LogP contribution is 2.33. The maximum Gasteiger partial charge on any atom is 0.263 e. The first-order valence-electron chi connectivity index (χ1n) is 11.4. The van der Waals surface area contributed by atoms with Crippen LogP contribution in [0, 0.1) is 11.8 Å². The number of ether oxygens (including phenoxy) is 3. The molecule has 0 N–H and O–H groups in total. The van der Waals surface area contributed by atoms with E-state index in [9.17, 15) is 4.79 Å². The maximum atomic E-state index is 12.3. The van der Waals surface area contributed by atoms with E-state index in [-0.39, 0.29) is 17.3 Å². The molecule has 2 heterocycles. The molecule has 34 heavy (non-hydrogen) atoms. The number of thioether (sulfide) groups is 1. The molecule has 3 unspecified atom stereocenters. The number of rotatable bonds is 8. The smallest absolute Gasteiger partial charge is 0.263 e. The van der Waals surface area contributed by atoms with Crippen LogP contribution in [0.3, 0.4) is 0 Å². The Bertz CT molecular complexity index is 1150. The fraction of sp³-hybridized carbons (Fsp3) is 0.407. The number of benzene rings is 2. The van der Waals surface area contributed by atoms with Gasteiger partial charge in [0.1, 0.15) is 23.6 Å². The molecule has 0 aromatic heterocycles. The number of nitrogens with zero attached hydrogens (tertiary/aromatic N) is 2. The summed E-state index contributed by atoms with van der Waals surface area (Å²) >= 11 is 1.40. The number of aliphatic imine (C=N–C) groups is 1. The summed E-state index contributed by atoms with van der Waals surface area (Å²) in [7, 11) is 3.69. The van der Waals surface area contributed by atoms with Crippen LogP contribution in [0.25, 0.3) is 0 Å². The van der Waals surface area contributed by atoms with Crippen molar-refractivity contribution in [3.63, 3.8) is 0 Å². The monoisotopic (exact) mass is 478 g/mol. The van der Waals surface area contributed by atoms with Crippen LogP contribution >= 0.6 is 11.8 Å². The van der Waals surface area contributed by atoms with E-state index < -0.39 is 5.54 Å². The number of hydrogen-bond donors (Lipinski definition) is 0. The molecule has 7 heteroatoms. The first kappa shape index (κ1) is 24.0. The van der Waals surface area contributed by atoms with Crippen LogP contribution in [0.5, 0.6) is 11.5 Å². The third kappa shape index (κ3) is 5.18. The van der Waals surface area contributed by atoms with Crippen LogP contribution < -0.4 is 14.4 Å². The van der Waals surface area contributed by atoms with E-state index >= 15 is 0 Å². The van der Waals surface area contributed by atoms with Crippen molar-refractivity contribution in [2.24, 2.45) is 4.99 Å². The molecule has 2 aromatic carbocycles. The second-order valence-electron chi connectivity index (χ2n) is 8.76. The van der Waals surface area contributed by atoms with Gasteiger partial charge < -0.3 is 19.1 Å². The summed E-state index contributed by atoms with van der Waals surface area (Å²) < 4.78 is 17.2. The third-order valence-electron chi connectivity index (χ3n) is 6.23. The number of anilines is 1. The van der Waals surface area contributed by atoms with E-state index in [2.05, 4.69) is 28.7 Å². The first-order chi connectivity index (χ1) is 16.3. The van der Waals surface area contributed by atoms with Crippen molar-refractivity contribution < 1.29 is 19.0 Å². The summed E-state index contributed by atoms with van der Waals surface area (Å²) in [5.74, 6) is 8.03. The molecule has 0 aliphatic carbocycles. The van der Waals surface area contributed by atoms with Gasteiger partial charge in [-0.2, -0.15) is 4.99 Å². The second-order valence-corrected chi connectivity index (χ2v) is 9.92. The molecule has 1 amide bonds. The number of fused-ring (bicyclic) bond motifs is 1. The van der Waals surface area contributed by atoms with Gasteiger partial charge in [0.25, 0.3) is 11.1 Å². The van der Waals surface area contributed by atoms with Crippen molar-refractivity contribution in [1.82, 2.24) is 0 Å². The van der Waals surface area contributed by atoms with E-state index in [0.29, 0.717) is 18.3 Å². The minimum atomic E-state index is -0.478. The van der Waals surface area contributed by atoms with Crippen molar-refractivity contribution in [3.8, 4) is 23.3 Å². The van der Waals surface area contributed by atoms with Gasteiger partial charge in [0.15, 0.2) is 0 Å². The van der Waals surface area contributed by atoms with Crippen LogP contribution in [0.4, 0.5) is 5.69 Å². The van der Waals surface area contributed by atoms with Gasteiger partial charge in [0.05, 0.1) is 24.2 Å². The fourth-order valence-corrected chi connectivity index (χ4v) is 4.70. The quantitative estimate of drug-likeness (QED) is 0.513. The highest BCUT2D eigenvalue weighted by atomic mass is 32.2. The maximum absolute atomic E-state index is 12.3. The van der Waals surface area contributed by atoms with Crippen molar-refractivity contribution >= 4 is 28.6 Å². The average molecular weight is 479 g/mol. The van der Waals surface area contributed by atoms with Crippen LogP contribution in [0.2, 0.25) is 0 Å². The Morgan fingerprint density at radius 1 is 1.21 bits per heavy atom. The van der Waals surface area contributed by atoms with Crippen molar-refractivity contribution in [1.29, 1.82) is 0 Å². The molecule has 0 fully saturated rings. The van der Waals surface area contributed by atoms with E-state index in [1.54, 1.807) is 7.11 Å². The highest BCUT2D eigenvalue weighted by Gasteiger charge is 2.33. The summed E-state index contributed by atoms with van der Waals surface area (Å²) in [5, 5.41) is 0.238. The Kier molecular flexibility index (Phi) is 7.08. The zero-order valence-corrected chi connectivity index (χ0v) is 21.1. The molecule has 178 valence electrons. The van der Waals surface area contributed by atoms with Crippen molar-refractivity contribution in [3.05, 3.63) is 53.6 Å². The molecule has 2 aromatic rings. The molecule has 4 rings (SSSR count). The van der Waals surface area contributed by atoms with E-state index in [4.69, 9.17) is 14.2 Å². The van der Waals surface area contributed by atoms with Gasteiger partial charge in [-0.25, -0.2) is 0 Å². The van der Waals surface area contributed by atoms with Gasteiger partial charge in [0, 0.05) is 18.7 Å². The normalized spacial score (nSPS) is 21.8. The predicted octanol–water partition coefficient (Wildman–Crippen LogP) is 4.69. The Hall–Kier alpha value is -3.11. The number of carbonyl (C=O) groups is 1. The molecule has 6 nitrogen and oxygen atoms in total. The topological polar surface area (TPSA) is 60.4 Å². The zero-order chi connectivity index (χ0) is 24.3. The minimum absolute atomic E-state index is 0.0551. The minimum Gasteiger partial charge on any atom is -0.497 e. The lowest BCUT2D eigenvalue weighted by molar-refractivity contribution is -0.117. The average Bonchev–Trinajstić information content (AvgIpc) is 3.19. The lowest BCUT2D eigenvalue weighted by atomic mass is 9.95. The van der Waals surface area contributed by atoms with Gasteiger partial charge in [0.2, 0.25) is 0 Å². The predicted molar refractivity (Wildman–Crippen MR) is 137 cm³/mol. The zero-order valence-electron chi connectivity index (χ0n) is 20.3. The number of hydrogen-bond acceptors (Lipinski definition) is 6. The molecule has 2 aliphatic rings. The van der Waals surface area contributed by atoms with Gasteiger partial charge >= 0.3 is 0 Å². The lowest BCUT2D eigenvalue weighted by Crippen LogP contribution is -2.49. The Morgan fingerprint density at radius 3 is 2.65 bits per heavy atom. The first-order valence-corrected chi connectivity index (χ1v) is 12.3. The molecule has 0 radical (unpaired) electrons. The molecule has 0 bridgehead atoms. The number of methoxy groups -OCH3 is 1. The van der Waals surface area contributed by atoms with Gasteiger partial charge in [-0.15, -0.1) is 0 Å². The molecule has 0 spiro atoms. The summed E-state index contributed by atoms with van der Waals surface area (Å²) in [6.07, 6.45) is 1.53. The lowest BCUT2D eigenvalue weighted by Gasteiger charge is -2.38. The third-order valence-corrected chi connectivity index (χ3v) is 7.28. The van der Waals surface area contributed by atoms with E-state index in [1.807, 2.05) is 63.4 Å². The van der Waals surface area contributed by atoms with E-state index in [0.717, 1.165) is 34.7 Å². The Labute approximate surface area is 205 Å². The number of carbonyl (C=O) groups excluding carboxylic acids is 1. The van der Waals surface area contributed by atoms with Gasteiger partial charge in [-0.05, 0) is 56.5 Å². The summed E-state index contributed by atoms with van der Waals surface area (Å²) in [6, 6.07) is 13.8. The van der Waals surface area contributed by atoms with Crippen LogP contribution in [-0.4, -0.2) is 48.8 Å². The molecular formula is C27H30N2O4S. The van der Waals surface area contributed by atoms with Crippen molar-refractivity contribution in [2.75, 3.05) is 25.7 Å². The summed E-state index contributed by atoms with van der Waals surface area (Å²) in [5.41, 5.74) is 2.58. The molecule has 3 atom stereocenters. The second kappa shape index (κ2) is 10.0. The van der Waals surface area contributed by atoms with Gasteiger partial charge in [-0.1, -0.05) is 42.7 Å². The summed E-state index contributed by atoms with van der Waals surface area (Å²) in [6.45, 7) is 6.50. The molecular weight excluding hydrogens is 448 g/mol. The Morgan fingerprint density at radius 2 is 1.94 bits per heavy atom. The van der Waals surface area contributed by atoms with Gasteiger partial charge in [-0.3, -0.25) is 4.79 Å². The number of likely N-dealkylation sites (N-methyl/N-ethyl adjacent to an activating group) is 1. The summed E-state index contributed by atoms with van der Waals surface area (Å²) in [4.78, 5) is 18.5. The highest BCUT2D eigenvalue weighted by molar-refractivity contribution is 8.15. The van der Waals surface area contributed by atoms with Crippen LogP contribution in [0.1, 0.15) is 38.3 Å². The number of amides is 1. The van der Waals surface area contributed by atoms with E-state index in [1.165, 1.54) is 11.8 Å². The molecule has 2 aliphatic heterocycles. The fourth-order valence-electron chi connectivity index (χ4n) is 3.66. The standard InChI is InChI=1S/C27H30N2O4S/c1-6-18(2)33-26-28-25(30)24(34-26)15-19-7-10-21(11-8-19)32-17-27(3)14-13-20-9-12-22(31-5)16-23(20)29(27)4/h7-12,16,18,24H,6,15,17H2,1-5H3. The van der Waals surface area contributed by atoms with Crippen LogP contribution in [-0.2, 0) is 16.0 Å². The molecule has 0 saturated carbocycles. The van der Waals surface area contributed by atoms with Crippen LogP contribution in [0.15, 0.2) is 47.5 Å². The SMILES string of the molecule is CCC(C)OC1=NC(=O)C(Cc2ccc(OCC3(C)C#Cc4ccc(OC)cc4N3C)cc2)S1. The molecule has 0 saturated heterocycles. The van der Waals surface area contributed by atoms with Crippen molar-refractivity contribution in [2.45, 2.75) is 50.5 Å². The Balaban J connectivity index is 1.35. The largest absolute Gasteiger partial charge is 0.497 e.